The van der Waals surface area contributed by atoms with E-state index in [1.807, 2.05) is 0 Å². The highest BCUT2D eigenvalue weighted by Crippen LogP contribution is 2.24. The summed E-state index contributed by atoms with van der Waals surface area (Å²) >= 11 is 9.16. The molecule has 88 valence electrons. The zero-order valence-electron chi connectivity index (χ0n) is 8.82. The molecule has 0 aromatic carbocycles. The predicted molar refractivity (Wildman–Crippen MR) is 67.2 cm³/mol. The van der Waals surface area contributed by atoms with Gasteiger partial charge in [0.2, 0.25) is 0 Å². The first kappa shape index (κ1) is 13.4. The first-order chi connectivity index (χ1) is 7.54. The first-order valence-corrected chi connectivity index (χ1v) is 6.26. The van der Waals surface area contributed by atoms with Gasteiger partial charge in [0.05, 0.1) is 9.95 Å². The lowest BCUT2D eigenvalue weighted by Gasteiger charge is -2.07. The lowest BCUT2D eigenvalue weighted by atomic mass is 10.1. The van der Waals surface area contributed by atoms with E-state index < -0.39 is 4.92 Å². The summed E-state index contributed by atoms with van der Waals surface area (Å²) in [6.07, 6.45) is 3.97. The van der Waals surface area contributed by atoms with Crippen LogP contribution >= 0.6 is 27.5 Å². The molecule has 0 fully saturated rings. The van der Waals surface area contributed by atoms with Crippen LogP contribution in [0.3, 0.4) is 0 Å². The lowest BCUT2D eigenvalue weighted by molar-refractivity contribution is -0.385. The zero-order valence-corrected chi connectivity index (χ0v) is 11.2. The van der Waals surface area contributed by atoms with Crippen LogP contribution in [0.25, 0.3) is 0 Å². The Balaban J connectivity index is 2.90. The molecule has 1 unspecified atom stereocenters. The largest absolute Gasteiger partial charge is 0.292 e. The summed E-state index contributed by atoms with van der Waals surface area (Å²) in [5, 5.41) is 11.1. The number of pyridine rings is 1. The molecule has 16 heavy (non-hydrogen) atoms. The zero-order chi connectivity index (χ0) is 12.1. The third kappa shape index (κ3) is 3.72. The van der Waals surface area contributed by atoms with E-state index in [4.69, 9.17) is 11.6 Å². The van der Waals surface area contributed by atoms with Gasteiger partial charge in [0, 0.05) is 23.5 Å². The summed E-state index contributed by atoms with van der Waals surface area (Å²) in [5.74, 6) is 0. The number of hydrogen-bond donors (Lipinski definition) is 0. The van der Waals surface area contributed by atoms with Crippen LogP contribution in [0.1, 0.15) is 25.5 Å². The Morgan fingerprint density at radius 3 is 2.94 bits per heavy atom. The van der Waals surface area contributed by atoms with Crippen LogP contribution in [-0.4, -0.2) is 14.7 Å². The second-order valence-electron chi connectivity index (χ2n) is 3.47. The van der Waals surface area contributed by atoms with Crippen LogP contribution in [0.2, 0.25) is 5.02 Å². The number of nitrogens with zero attached hydrogens (tertiary/aromatic N) is 2. The SMILES string of the molecule is CCCC(Br)Cc1ncc(Cl)cc1[N+](=O)[O-]. The number of aromatic nitrogens is 1. The quantitative estimate of drug-likeness (QED) is 0.473. The van der Waals surface area contributed by atoms with Gasteiger partial charge in [-0.3, -0.25) is 15.1 Å². The van der Waals surface area contributed by atoms with Gasteiger partial charge in [0.25, 0.3) is 5.69 Å². The molecule has 0 saturated heterocycles. The van der Waals surface area contributed by atoms with Gasteiger partial charge in [-0.25, -0.2) is 0 Å². The number of hydrogen-bond acceptors (Lipinski definition) is 3. The highest BCUT2D eigenvalue weighted by Gasteiger charge is 2.18. The van der Waals surface area contributed by atoms with Crippen LogP contribution in [0.4, 0.5) is 5.69 Å². The fraction of sp³-hybridized carbons (Fsp3) is 0.500. The van der Waals surface area contributed by atoms with Crippen molar-refractivity contribution < 1.29 is 4.92 Å². The molecule has 0 spiro atoms. The maximum atomic E-state index is 10.8. The summed E-state index contributed by atoms with van der Waals surface area (Å²) in [6.45, 7) is 2.07. The Kier molecular flexibility index (Phi) is 5.15. The number of halogens is 2. The number of rotatable bonds is 5. The van der Waals surface area contributed by atoms with Gasteiger partial charge < -0.3 is 0 Å². The minimum absolute atomic E-state index is 0.00643. The summed E-state index contributed by atoms with van der Waals surface area (Å²) < 4.78 is 0. The third-order valence-electron chi connectivity index (χ3n) is 2.13. The van der Waals surface area contributed by atoms with Crippen molar-refractivity contribution in [2.24, 2.45) is 0 Å². The van der Waals surface area contributed by atoms with E-state index in [-0.39, 0.29) is 15.5 Å². The molecule has 1 rings (SSSR count). The fourth-order valence-electron chi connectivity index (χ4n) is 1.40. The normalized spacial score (nSPS) is 12.4. The molecule has 1 heterocycles. The highest BCUT2D eigenvalue weighted by molar-refractivity contribution is 9.09. The van der Waals surface area contributed by atoms with Crippen LogP contribution in [0, 0.1) is 10.1 Å². The van der Waals surface area contributed by atoms with Crippen molar-refractivity contribution in [1.82, 2.24) is 4.98 Å². The Morgan fingerprint density at radius 1 is 1.69 bits per heavy atom. The highest BCUT2D eigenvalue weighted by atomic mass is 79.9. The van der Waals surface area contributed by atoms with Crippen LogP contribution in [0.5, 0.6) is 0 Å². The van der Waals surface area contributed by atoms with Gasteiger partial charge in [-0.15, -0.1) is 0 Å². The Bertz CT molecular complexity index is 387. The monoisotopic (exact) mass is 306 g/mol. The molecule has 1 aromatic rings. The van der Waals surface area contributed by atoms with Crippen LogP contribution in [-0.2, 0) is 6.42 Å². The molecule has 0 aliphatic rings. The van der Waals surface area contributed by atoms with Gasteiger partial charge >= 0.3 is 0 Å². The minimum Gasteiger partial charge on any atom is -0.258 e. The van der Waals surface area contributed by atoms with E-state index in [2.05, 4.69) is 27.8 Å². The molecule has 0 N–H and O–H groups in total. The second-order valence-corrected chi connectivity index (χ2v) is 5.20. The maximum absolute atomic E-state index is 10.8. The average molecular weight is 308 g/mol. The second kappa shape index (κ2) is 6.15. The van der Waals surface area contributed by atoms with Gasteiger partial charge in [-0.1, -0.05) is 40.9 Å². The average Bonchev–Trinajstić information content (AvgIpc) is 2.20. The molecule has 4 nitrogen and oxygen atoms in total. The molecule has 0 aliphatic heterocycles. The summed E-state index contributed by atoms with van der Waals surface area (Å²) in [7, 11) is 0. The van der Waals surface area contributed by atoms with Crippen LogP contribution < -0.4 is 0 Å². The van der Waals surface area contributed by atoms with E-state index in [1.54, 1.807) is 0 Å². The van der Waals surface area contributed by atoms with Crippen molar-refractivity contribution in [1.29, 1.82) is 0 Å². The van der Waals surface area contributed by atoms with E-state index >= 15 is 0 Å². The molecular formula is C10H12BrClN2O2. The molecule has 0 radical (unpaired) electrons. The van der Waals surface area contributed by atoms with Gasteiger partial charge in [0.1, 0.15) is 5.69 Å². The topological polar surface area (TPSA) is 56.0 Å². The fourth-order valence-corrected chi connectivity index (χ4v) is 2.31. The predicted octanol–water partition coefficient (Wildman–Crippen LogP) is 3.75. The summed E-state index contributed by atoms with van der Waals surface area (Å²) in [6, 6.07) is 1.34. The van der Waals surface area contributed by atoms with Crippen molar-refractivity contribution >= 4 is 33.2 Å². The lowest BCUT2D eigenvalue weighted by Crippen LogP contribution is -2.07. The standard InChI is InChI=1S/C10H12BrClN2O2/c1-2-3-7(11)4-9-10(14(15)16)5-8(12)6-13-9/h5-7H,2-4H2,1H3. The Labute approximate surface area is 107 Å². The van der Waals surface area contributed by atoms with Crippen molar-refractivity contribution in [3.63, 3.8) is 0 Å². The van der Waals surface area contributed by atoms with Crippen molar-refractivity contribution in [2.75, 3.05) is 0 Å². The van der Waals surface area contributed by atoms with E-state index in [1.165, 1.54) is 12.3 Å². The number of alkyl halides is 1. The Hall–Kier alpha value is -0.680. The van der Waals surface area contributed by atoms with E-state index in [9.17, 15) is 10.1 Å². The van der Waals surface area contributed by atoms with Gasteiger partial charge in [-0.05, 0) is 6.42 Å². The molecule has 0 aliphatic carbocycles. The minimum atomic E-state index is -0.445. The first-order valence-electron chi connectivity index (χ1n) is 4.97. The molecule has 6 heteroatoms. The third-order valence-corrected chi connectivity index (χ3v) is 3.12. The molecule has 0 bridgehead atoms. The van der Waals surface area contributed by atoms with Crippen molar-refractivity contribution in [3.05, 3.63) is 33.1 Å². The summed E-state index contributed by atoms with van der Waals surface area (Å²) in [5.41, 5.74) is 0.470. The Morgan fingerprint density at radius 2 is 2.38 bits per heavy atom. The van der Waals surface area contributed by atoms with E-state index in [0.29, 0.717) is 12.1 Å². The maximum Gasteiger partial charge on any atom is 0.292 e. The van der Waals surface area contributed by atoms with Crippen molar-refractivity contribution in [3.8, 4) is 0 Å². The molecule has 0 amide bonds. The van der Waals surface area contributed by atoms with Crippen LogP contribution in [0.15, 0.2) is 12.3 Å². The van der Waals surface area contributed by atoms with Crippen molar-refractivity contribution in [2.45, 2.75) is 31.0 Å². The molecular weight excluding hydrogens is 295 g/mol. The summed E-state index contributed by atoms with van der Waals surface area (Å²) in [4.78, 5) is 14.6. The smallest absolute Gasteiger partial charge is 0.258 e. The van der Waals surface area contributed by atoms with E-state index in [0.717, 1.165) is 12.8 Å². The molecule has 1 atom stereocenters. The molecule has 1 aromatic heterocycles. The molecule has 0 saturated carbocycles. The number of nitro groups is 1. The van der Waals surface area contributed by atoms with Gasteiger partial charge in [-0.2, -0.15) is 0 Å². The van der Waals surface area contributed by atoms with Gasteiger partial charge in [0.15, 0.2) is 0 Å².